The number of hydrogen-bond donors (Lipinski definition) is 0. The van der Waals surface area contributed by atoms with Gasteiger partial charge >= 0.3 is 0 Å². The average Bonchev–Trinajstić information content (AvgIpc) is 3.74. The first-order chi connectivity index (χ1) is 25.7. The maximum absolute atomic E-state index is 2.41. The molecule has 0 unspecified atom stereocenters. The van der Waals surface area contributed by atoms with Crippen LogP contribution in [0.1, 0.15) is 0 Å². The van der Waals surface area contributed by atoms with Crippen molar-refractivity contribution >= 4 is 84.6 Å². The van der Waals surface area contributed by atoms with Crippen molar-refractivity contribution in [2.75, 3.05) is 0 Å². The summed E-state index contributed by atoms with van der Waals surface area (Å²) in [7, 11) is 0. The van der Waals surface area contributed by atoms with E-state index in [9.17, 15) is 0 Å². The Morgan fingerprint density at radius 2 is 0.673 bits per heavy atom. The lowest BCUT2D eigenvalue weighted by Gasteiger charge is -2.13. The van der Waals surface area contributed by atoms with Gasteiger partial charge in [-0.2, -0.15) is 0 Å². The van der Waals surface area contributed by atoms with Crippen LogP contribution in [0.25, 0.3) is 106 Å². The van der Waals surface area contributed by atoms with E-state index in [1.165, 1.54) is 106 Å². The Balaban J connectivity index is 0.951. The van der Waals surface area contributed by atoms with E-state index in [1.807, 2.05) is 22.7 Å². The van der Waals surface area contributed by atoms with Crippen LogP contribution in [-0.4, -0.2) is 0 Å². The molecule has 0 radical (unpaired) electrons. The Hall–Kier alpha value is -6.06. The molecule has 11 aromatic rings. The minimum absolute atomic E-state index is 1.22. The summed E-state index contributed by atoms with van der Waals surface area (Å²) in [5.41, 5.74) is 9.93. The third-order valence-corrected chi connectivity index (χ3v) is 13.2. The molecular formula is C50H30S2. The second kappa shape index (κ2) is 11.7. The Morgan fingerprint density at radius 1 is 0.250 bits per heavy atom. The van der Waals surface area contributed by atoms with Crippen LogP contribution in [0, 0.1) is 0 Å². The Kier molecular flexibility index (Phi) is 6.70. The van der Waals surface area contributed by atoms with Crippen LogP contribution in [0.5, 0.6) is 0 Å². The molecule has 2 aromatic heterocycles. The van der Waals surface area contributed by atoms with Gasteiger partial charge in [0.05, 0.1) is 9.40 Å². The predicted octanol–water partition coefficient (Wildman–Crippen LogP) is 15.4. The summed E-state index contributed by atoms with van der Waals surface area (Å²) in [6.07, 6.45) is 0. The van der Waals surface area contributed by atoms with Crippen molar-refractivity contribution in [1.29, 1.82) is 0 Å². The van der Waals surface area contributed by atoms with Crippen molar-refractivity contribution in [2.45, 2.75) is 0 Å². The van der Waals surface area contributed by atoms with Crippen molar-refractivity contribution in [3.05, 3.63) is 182 Å². The van der Waals surface area contributed by atoms with Gasteiger partial charge in [-0.1, -0.05) is 152 Å². The highest BCUT2D eigenvalue weighted by atomic mass is 32.1. The standard InChI is InChI=1S/C50H30S2/c1-2-8-31(9-3-1)32-14-16-33(17-15-32)34-18-20-35(21-19-34)41-24-25-42(44-13-7-6-12-43(41)44)39-23-22-38-28-46-48(30-40(38)26-39)52-49-45-27-36-10-4-5-11-37(36)29-47(45)51-50(46)49/h1-30H. The van der Waals surface area contributed by atoms with Crippen LogP contribution in [0.2, 0.25) is 0 Å². The first-order valence-corrected chi connectivity index (χ1v) is 19.4. The third-order valence-electron chi connectivity index (χ3n) is 10.7. The highest BCUT2D eigenvalue weighted by Crippen LogP contribution is 2.47. The van der Waals surface area contributed by atoms with Gasteiger partial charge < -0.3 is 0 Å². The molecule has 0 fully saturated rings. The second-order valence-electron chi connectivity index (χ2n) is 13.7. The zero-order chi connectivity index (χ0) is 34.2. The largest absolute Gasteiger partial charge is 0.134 e. The zero-order valence-corrected chi connectivity index (χ0v) is 29.8. The molecule has 0 atom stereocenters. The number of thiophene rings is 2. The SMILES string of the molecule is c1ccc(-c2ccc(-c3ccc(-c4ccc(-c5ccc6cc7c(cc6c5)sc5c6cc8ccccc8cc6sc75)c5ccccc45)cc3)cc2)cc1. The number of benzene rings is 9. The zero-order valence-electron chi connectivity index (χ0n) is 28.1. The molecule has 0 bridgehead atoms. The van der Waals surface area contributed by atoms with E-state index >= 15 is 0 Å². The number of hydrogen-bond acceptors (Lipinski definition) is 2. The first-order valence-electron chi connectivity index (χ1n) is 17.7. The quantitative estimate of drug-likeness (QED) is 0.172. The van der Waals surface area contributed by atoms with Crippen molar-refractivity contribution in [2.24, 2.45) is 0 Å². The van der Waals surface area contributed by atoms with Gasteiger partial charge in [-0.15, -0.1) is 22.7 Å². The maximum Gasteiger partial charge on any atom is 0.0542 e. The fourth-order valence-corrected chi connectivity index (χ4v) is 10.7. The van der Waals surface area contributed by atoms with Gasteiger partial charge in [0, 0.05) is 20.2 Å². The number of rotatable bonds is 4. The molecule has 0 nitrogen and oxygen atoms in total. The van der Waals surface area contributed by atoms with E-state index in [0.29, 0.717) is 0 Å². The lowest BCUT2D eigenvalue weighted by molar-refractivity contribution is 1.58. The Morgan fingerprint density at radius 3 is 1.27 bits per heavy atom. The minimum Gasteiger partial charge on any atom is -0.134 e. The lowest BCUT2D eigenvalue weighted by atomic mass is 9.90. The van der Waals surface area contributed by atoms with Gasteiger partial charge in [0.2, 0.25) is 0 Å². The predicted molar refractivity (Wildman–Crippen MR) is 229 cm³/mol. The molecule has 2 heterocycles. The van der Waals surface area contributed by atoms with E-state index in [1.54, 1.807) is 0 Å². The van der Waals surface area contributed by atoms with Crippen molar-refractivity contribution < 1.29 is 0 Å². The molecule has 0 saturated heterocycles. The Labute approximate surface area is 309 Å². The van der Waals surface area contributed by atoms with Crippen molar-refractivity contribution in [3.8, 4) is 44.5 Å². The Bertz CT molecular complexity index is 3140. The summed E-state index contributed by atoms with van der Waals surface area (Å²) in [6, 6.07) is 67.2. The fourth-order valence-electron chi connectivity index (χ4n) is 7.99. The molecule has 0 aliphatic rings. The van der Waals surface area contributed by atoms with E-state index < -0.39 is 0 Å². The summed E-state index contributed by atoms with van der Waals surface area (Å²) in [5.74, 6) is 0. The van der Waals surface area contributed by atoms with Crippen LogP contribution in [0.3, 0.4) is 0 Å². The molecule has 0 N–H and O–H groups in total. The first kappa shape index (κ1) is 29.6. The highest BCUT2D eigenvalue weighted by Gasteiger charge is 2.15. The summed E-state index contributed by atoms with van der Waals surface area (Å²) in [6.45, 7) is 0. The van der Waals surface area contributed by atoms with Gasteiger partial charge in [0.1, 0.15) is 0 Å². The topological polar surface area (TPSA) is 0 Å². The molecule has 242 valence electrons. The monoisotopic (exact) mass is 694 g/mol. The fraction of sp³-hybridized carbons (Fsp3) is 0. The van der Waals surface area contributed by atoms with Gasteiger partial charge in [-0.3, -0.25) is 0 Å². The minimum atomic E-state index is 1.22. The van der Waals surface area contributed by atoms with Gasteiger partial charge in [-0.25, -0.2) is 0 Å². The number of fused-ring (bicyclic) bond motifs is 8. The molecule has 9 aromatic carbocycles. The van der Waals surface area contributed by atoms with Gasteiger partial charge in [-0.05, 0) is 107 Å². The lowest BCUT2D eigenvalue weighted by Crippen LogP contribution is -1.87. The van der Waals surface area contributed by atoms with Crippen LogP contribution in [0.15, 0.2) is 182 Å². The molecule has 0 aliphatic carbocycles. The molecular weight excluding hydrogens is 665 g/mol. The van der Waals surface area contributed by atoms with E-state index in [-0.39, 0.29) is 0 Å². The third kappa shape index (κ3) is 4.80. The van der Waals surface area contributed by atoms with Crippen LogP contribution in [0.4, 0.5) is 0 Å². The average molecular weight is 695 g/mol. The summed E-state index contributed by atoms with van der Waals surface area (Å²) >= 11 is 3.87. The smallest absolute Gasteiger partial charge is 0.0542 e. The van der Waals surface area contributed by atoms with Gasteiger partial charge in [0.25, 0.3) is 0 Å². The van der Waals surface area contributed by atoms with Gasteiger partial charge in [0.15, 0.2) is 0 Å². The second-order valence-corrected chi connectivity index (χ2v) is 15.8. The van der Waals surface area contributed by atoms with Crippen molar-refractivity contribution in [1.82, 2.24) is 0 Å². The summed E-state index contributed by atoms with van der Waals surface area (Å²) < 4.78 is 5.55. The van der Waals surface area contributed by atoms with E-state index in [0.717, 1.165) is 0 Å². The molecule has 0 aliphatic heterocycles. The molecule has 52 heavy (non-hydrogen) atoms. The normalized spacial score (nSPS) is 11.8. The van der Waals surface area contributed by atoms with Crippen LogP contribution >= 0.6 is 22.7 Å². The highest BCUT2D eigenvalue weighted by molar-refractivity contribution is 7.36. The molecule has 0 spiro atoms. The maximum atomic E-state index is 2.41. The van der Waals surface area contributed by atoms with Crippen LogP contribution < -0.4 is 0 Å². The molecule has 0 saturated carbocycles. The van der Waals surface area contributed by atoms with E-state index in [2.05, 4.69) is 182 Å². The van der Waals surface area contributed by atoms with E-state index in [4.69, 9.17) is 0 Å². The van der Waals surface area contributed by atoms with Crippen LogP contribution in [-0.2, 0) is 0 Å². The summed E-state index contributed by atoms with van der Waals surface area (Å²) in [4.78, 5) is 0. The summed E-state index contributed by atoms with van der Waals surface area (Å²) in [5, 5.41) is 10.5. The molecule has 2 heteroatoms. The molecule has 11 rings (SSSR count). The molecule has 0 amide bonds. The van der Waals surface area contributed by atoms with Crippen molar-refractivity contribution in [3.63, 3.8) is 0 Å².